The van der Waals surface area contributed by atoms with Gasteiger partial charge in [0.2, 0.25) is 0 Å². The Kier molecular flexibility index (Phi) is 2.84. The molecular weight excluding hydrogens is 172 g/mol. The number of carbonyl (C=O) groups is 1. The van der Waals surface area contributed by atoms with Crippen molar-refractivity contribution in [1.82, 2.24) is 0 Å². The lowest BCUT2D eigenvalue weighted by Crippen LogP contribution is -2.09. The molecule has 0 amide bonds. The number of rotatable bonds is 2. The van der Waals surface area contributed by atoms with E-state index in [1.807, 2.05) is 0 Å². The normalized spacial score (nSPS) is 9.69. The summed E-state index contributed by atoms with van der Waals surface area (Å²) < 4.78 is 9.30. The molecule has 0 aliphatic heterocycles. The number of esters is 1. The van der Waals surface area contributed by atoms with Crippen LogP contribution in [0.4, 0.5) is 0 Å². The molecule has 13 heavy (non-hydrogen) atoms. The summed E-state index contributed by atoms with van der Waals surface area (Å²) in [6, 6.07) is 1.26. The van der Waals surface area contributed by atoms with Gasteiger partial charge in [-0.05, 0) is 19.4 Å². The van der Waals surface area contributed by atoms with E-state index in [9.17, 15) is 9.59 Å². The second-order valence-electron chi connectivity index (χ2n) is 2.52. The van der Waals surface area contributed by atoms with E-state index in [2.05, 4.69) is 4.42 Å². The zero-order valence-electron chi connectivity index (χ0n) is 7.49. The van der Waals surface area contributed by atoms with Crippen LogP contribution in [0.25, 0.3) is 0 Å². The minimum absolute atomic E-state index is 0.293. The lowest BCUT2D eigenvalue weighted by Gasteiger charge is -2.02. The molecule has 1 aromatic heterocycles. The summed E-state index contributed by atoms with van der Waals surface area (Å²) >= 11 is 0. The molecule has 0 aliphatic rings. The first-order valence-corrected chi connectivity index (χ1v) is 3.91. The van der Waals surface area contributed by atoms with Crippen molar-refractivity contribution in [1.29, 1.82) is 0 Å². The van der Waals surface area contributed by atoms with Gasteiger partial charge in [-0.1, -0.05) is 0 Å². The molecule has 1 heterocycles. The zero-order chi connectivity index (χ0) is 9.84. The fourth-order valence-corrected chi connectivity index (χ4v) is 0.916. The molecule has 0 radical (unpaired) electrons. The van der Waals surface area contributed by atoms with E-state index in [0.29, 0.717) is 17.7 Å². The van der Waals surface area contributed by atoms with Gasteiger partial charge >= 0.3 is 11.6 Å². The van der Waals surface area contributed by atoms with E-state index in [1.54, 1.807) is 13.8 Å². The first-order valence-electron chi connectivity index (χ1n) is 3.91. The minimum atomic E-state index is -0.469. The van der Waals surface area contributed by atoms with E-state index < -0.39 is 11.6 Å². The van der Waals surface area contributed by atoms with Crippen LogP contribution in [0.3, 0.4) is 0 Å². The summed E-state index contributed by atoms with van der Waals surface area (Å²) in [5.41, 5.74) is 0.390. The maximum atomic E-state index is 11.2. The van der Waals surface area contributed by atoms with Crippen LogP contribution in [-0.4, -0.2) is 12.6 Å². The summed E-state index contributed by atoms with van der Waals surface area (Å²) in [5, 5.41) is 0. The summed E-state index contributed by atoms with van der Waals surface area (Å²) in [5.74, 6) is -0.469. The lowest BCUT2D eigenvalue weighted by molar-refractivity contribution is 0.0522. The molecule has 4 heteroatoms. The van der Waals surface area contributed by atoms with Crippen LogP contribution in [0.2, 0.25) is 0 Å². The second-order valence-corrected chi connectivity index (χ2v) is 2.52. The lowest BCUT2D eigenvalue weighted by atomic mass is 10.2. The average molecular weight is 182 g/mol. The SMILES string of the molecule is CCOC(=O)c1coc(=O)cc1C. The molecular formula is C9H10O4. The Bertz CT molecular complexity index is 364. The monoisotopic (exact) mass is 182 g/mol. The van der Waals surface area contributed by atoms with Crippen LogP contribution in [0.1, 0.15) is 22.8 Å². The number of carbonyl (C=O) groups excluding carboxylic acids is 1. The van der Waals surface area contributed by atoms with Crippen molar-refractivity contribution in [2.45, 2.75) is 13.8 Å². The fraction of sp³-hybridized carbons (Fsp3) is 0.333. The molecule has 0 atom stereocenters. The van der Waals surface area contributed by atoms with Gasteiger partial charge in [0.25, 0.3) is 0 Å². The molecule has 0 N–H and O–H groups in total. The molecule has 1 aromatic rings. The maximum absolute atomic E-state index is 11.2. The van der Waals surface area contributed by atoms with Crippen LogP contribution in [0, 0.1) is 6.92 Å². The van der Waals surface area contributed by atoms with E-state index in [4.69, 9.17) is 4.74 Å². The molecule has 0 bridgehead atoms. The first kappa shape index (κ1) is 9.51. The van der Waals surface area contributed by atoms with Crippen LogP contribution < -0.4 is 5.63 Å². The van der Waals surface area contributed by atoms with Crippen molar-refractivity contribution in [2.24, 2.45) is 0 Å². The zero-order valence-corrected chi connectivity index (χ0v) is 7.49. The van der Waals surface area contributed by atoms with Crippen LogP contribution in [-0.2, 0) is 4.74 Å². The van der Waals surface area contributed by atoms with Gasteiger partial charge in [0, 0.05) is 6.07 Å². The molecule has 0 aromatic carbocycles. The molecule has 70 valence electrons. The number of aryl methyl sites for hydroxylation is 1. The predicted molar refractivity (Wildman–Crippen MR) is 45.7 cm³/mol. The van der Waals surface area contributed by atoms with Crippen molar-refractivity contribution in [3.8, 4) is 0 Å². The molecule has 0 saturated carbocycles. The Hall–Kier alpha value is -1.58. The quantitative estimate of drug-likeness (QED) is 0.643. The Labute approximate surface area is 75.1 Å². The van der Waals surface area contributed by atoms with E-state index >= 15 is 0 Å². The largest absolute Gasteiger partial charge is 0.462 e. The van der Waals surface area contributed by atoms with Crippen LogP contribution >= 0.6 is 0 Å². The van der Waals surface area contributed by atoms with Crippen molar-refractivity contribution < 1.29 is 13.9 Å². The van der Waals surface area contributed by atoms with Crippen molar-refractivity contribution in [3.05, 3.63) is 33.9 Å². The third-order valence-corrected chi connectivity index (χ3v) is 1.55. The minimum Gasteiger partial charge on any atom is -0.462 e. The smallest absolute Gasteiger partial charge is 0.341 e. The number of hydrogen-bond acceptors (Lipinski definition) is 4. The van der Waals surface area contributed by atoms with Gasteiger partial charge in [0.1, 0.15) is 6.26 Å². The molecule has 0 saturated heterocycles. The van der Waals surface area contributed by atoms with E-state index in [1.165, 1.54) is 6.07 Å². The average Bonchev–Trinajstić information content (AvgIpc) is 2.04. The number of ether oxygens (including phenoxy) is 1. The van der Waals surface area contributed by atoms with Crippen molar-refractivity contribution in [2.75, 3.05) is 6.61 Å². The molecule has 1 rings (SSSR count). The molecule has 4 nitrogen and oxygen atoms in total. The Morgan fingerprint density at radius 2 is 2.31 bits per heavy atom. The van der Waals surface area contributed by atoms with Gasteiger partial charge in [-0.2, -0.15) is 0 Å². The molecule has 0 unspecified atom stereocenters. The van der Waals surface area contributed by atoms with E-state index in [-0.39, 0.29) is 0 Å². The Morgan fingerprint density at radius 1 is 1.62 bits per heavy atom. The fourth-order valence-electron chi connectivity index (χ4n) is 0.916. The van der Waals surface area contributed by atoms with Gasteiger partial charge in [0.05, 0.1) is 12.2 Å². The van der Waals surface area contributed by atoms with Crippen molar-refractivity contribution in [3.63, 3.8) is 0 Å². The van der Waals surface area contributed by atoms with Gasteiger partial charge in [-0.15, -0.1) is 0 Å². The third-order valence-electron chi connectivity index (χ3n) is 1.55. The predicted octanol–water partition coefficient (Wildman–Crippen LogP) is 1.12. The third kappa shape index (κ3) is 2.18. The Morgan fingerprint density at radius 3 is 2.85 bits per heavy atom. The summed E-state index contributed by atoms with van der Waals surface area (Å²) in [7, 11) is 0. The van der Waals surface area contributed by atoms with Gasteiger partial charge in [-0.25, -0.2) is 9.59 Å². The highest BCUT2D eigenvalue weighted by molar-refractivity contribution is 5.90. The van der Waals surface area contributed by atoms with Gasteiger partial charge in [0.15, 0.2) is 0 Å². The number of hydrogen-bond donors (Lipinski definition) is 0. The Balaban J connectivity index is 3.02. The van der Waals surface area contributed by atoms with Crippen LogP contribution in [0.5, 0.6) is 0 Å². The topological polar surface area (TPSA) is 56.5 Å². The molecule has 0 aliphatic carbocycles. The second kappa shape index (κ2) is 3.89. The summed E-state index contributed by atoms with van der Waals surface area (Å²) in [6.45, 7) is 3.67. The highest BCUT2D eigenvalue weighted by Crippen LogP contribution is 2.05. The molecule has 0 fully saturated rings. The standard InChI is InChI=1S/C9H10O4/c1-3-12-9(11)7-5-13-8(10)4-6(7)2/h4-5H,3H2,1-2H3. The summed E-state index contributed by atoms with van der Waals surface area (Å²) in [4.78, 5) is 21.9. The van der Waals surface area contributed by atoms with E-state index in [0.717, 1.165) is 6.26 Å². The maximum Gasteiger partial charge on any atom is 0.341 e. The van der Waals surface area contributed by atoms with Crippen molar-refractivity contribution >= 4 is 5.97 Å². The highest BCUT2D eigenvalue weighted by atomic mass is 16.5. The van der Waals surface area contributed by atoms with Crippen LogP contribution in [0.15, 0.2) is 21.5 Å². The summed E-state index contributed by atoms with van der Waals surface area (Å²) in [6.07, 6.45) is 1.12. The van der Waals surface area contributed by atoms with Gasteiger partial charge < -0.3 is 9.15 Å². The highest BCUT2D eigenvalue weighted by Gasteiger charge is 2.10. The molecule has 0 spiro atoms. The van der Waals surface area contributed by atoms with Gasteiger partial charge in [-0.3, -0.25) is 0 Å². The first-order chi connectivity index (χ1) is 6.15.